The molecule has 1 heterocycles. The van der Waals surface area contributed by atoms with E-state index in [9.17, 15) is 9.18 Å². The lowest BCUT2D eigenvalue weighted by molar-refractivity contribution is 0.00326. The van der Waals surface area contributed by atoms with E-state index in [0.29, 0.717) is 6.54 Å². The third-order valence-electron chi connectivity index (χ3n) is 2.68. The Morgan fingerprint density at radius 3 is 3.11 bits per heavy atom. The Balaban J connectivity index is 2.21. The minimum Gasteiger partial charge on any atom is -0.360 e. The highest BCUT2D eigenvalue weighted by molar-refractivity contribution is 6.31. The Morgan fingerprint density at radius 1 is 1.61 bits per heavy atom. The first kappa shape index (κ1) is 12.8. The van der Waals surface area contributed by atoms with E-state index in [-0.39, 0.29) is 23.7 Å². The van der Waals surface area contributed by atoms with Gasteiger partial charge in [0.25, 0.3) is 5.91 Å². The smallest absolute Gasteiger partial charge is 0.257 e. The topological polar surface area (TPSA) is 53.3 Å². The van der Waals surface area contributed by atoms with Crippen LogP contribution in [0.4, 0.5) is 4.39 Å². The fourth-order valence-corrected chi connectivity index (χ4v) is 1.93. The van der Waals surface area contributed by atoms with E-state index in [1.807, 2.05) is 6.07 Å². The summed E-state index contributed by atoms with van der Waals surface area (Å²) in [5.74, 6) is -1.21. The summed E-state index contributed by atoms with van der Waals surface area (Å²) in [6.45, 7) is 0.746. The molecular weight excluding hydrogens is 259 g/mol. The fraction of sp³-hybridized carbons (Fsp3) is 0.333. The van der Waals surface area contributed by atoms with Crippen molar-refractivity contribution in [1.29, 1.82) is 5.26 Å². The second kappa shape index (κ2) is 5.34. The molecule has 0 bridgehead atoms. The quantitative estimate of drug-likeness (QED) is 0.781. The van der Waals surface area contributed by atoms with Crippen molar-refractivity contribution in [3.8, 4) is 6.07 Å². The number of hydrogen-bond acceptors (Lipinski definition) is 3. The number of rotatable bonds is 1. The van der Waals surface area contributed by atoms with Crippen molar-refractivity contribution >= 4 is 17.5 Å². The Hall–Kier alpha value is -1.64. The third kappa shape index (κ3) is 2.45. The summed E-state index contributed by atoms with van der Waals surface area (Å²) < 4.78 is 18.8. The molecular formula is C12H10ClFN2O2. The van der Waals surface area contributed by atoms with Gasteiger partial charge in [0, 0.05) is 6.54 Å². The van der Waals surface area contributed by atoms with E-state index in [2.05, 4.69) is 0 Å². The number of benzene rings is 1. The standard InChI is InChI=1S/C12H10ClFN2O2/c13-10-3-1-2-9(11(10)14)12(17)16-4-5-18-8(6-15)7-16/h1-3,8H,4-5,7H2. The van der Waals surface area contributed by atoms with Crippen LogP contribution in [0.15, 0.2) is 18.2 Å². The highest BCUT2D eigenvalue weighted by atomic mass is 35.5. The highest BCUT2D eigenvalue weighted by Gasteiger charge is 2.26. The average Bonchev–Trinajstić information content (AvgIpc) is 2.41. The van der Waals surface area contributed by atoms with E-state index in [1.165, 1.54) is 23.1 Å². The third-order valence-corrected chi connectivity index (χ3v) is 2.97. The van der Waals surface area contributed by atoms with Gasteiger partial charge in [-0.05, 0) is 12.1 Å². The zero-order valence-corrected chi connectivity index (χ0v) is 10.2. The summed E-state index contributed by atoms with van der Waals surface area (Å²) in [5, 5.41) is 8.66. The fourth-order valence-electron chi connectivity index (χ4n) is 1.75. The number of hydrogen-bond donors (Lipinski definition) is 0. The first-order chi connectivity index (χ1) is 8.63. The Labute approximate surface area is 109 Å². The number of amides is 1. The van der Waals surface area contributed by atoms with Crippen LogP contribution in [0.25, 0.3) is 0 Å². The lowest BCUT2D eigenvalue weighted by Gasteiger charge is -2.29. The number of morpholine rings is 1. The molecule has 1 unspecified atom stereocenters. The summed E-state index contributed by atoms with van der Waals surface area (Å²) in [6.07, 6.45) is -0.662. The van der Waals surface area contributed by atoms with Crippen LogP contribution in [0, 0.1) is 17.1 Å². The summed E-state index contributed by atoms with van der Waals surface area (Å²) >= 11 is 5.63. The number of ether oxygens (including phenoxy) is 1. The number of nitrogens with zero attached hydrogens (tertiary/aromatic N) is 2. The lowest BCUT2D eigenvalue weighted by Crippen LogP contribution is -2.45. The number of carbonyl (C=O) groups is 1. The number of halogens is 2. The van der Waals surface area contributed by atoms with Crippen molar-refractivity contribution in [3.63, 3.8) is 0 Å². The van der Waals surface area contributed by atoms with Crippen molar-refractivity contribution in [2.24, 2.45) is 0 Å². The lowest BCUT2D eigenvalue weighted by atomic mass is 10.1. The molecule has 1 aromatic carbocycles. The molecule has 94 valence electrons. The maximum Gasteiger partial charge on any atom is 0.257 e. The number of carbonyl (C=O) groups excluding carboxylic acids is 1. The van der Waals surface area contributed by atoms with Gasteiger partial charge in [-0.3, -0.25) is 4.79 Å². The van der Waals surface area contributed by atoms with Crippen LogP contribution in [-0.2, 0) is 4.74 Å². The summed E-state index contributed by atoms with van der Waals surface area (Å²) in [7, 11) is 0. The second-order valence-electron chi connectivity index (χ2n) is 3.84. The van der Waals surface area contributed by atoms with Crippen LogP contribution in [0.2, 0.25) is 5.02 Å². The van der Waals surface area contributed by atoms with Gasteiger partial charge in [-0.1, -0.05) is 17.7 Å². The van der Waals surface area contributed by atoms with E-state index in [1.54, 1.807) is 0 Å². The molecule has 1 aliphatic rings. The van der Waals surface area contributed by atoms with Crippen molar-refractivity contribution in [2.45, 2.75) is 6.10 Å². The second-order valence-corrected chi connectivity index (χ2v) is 4.25. The molecule has 4 nitrogen and oxygen atoms in total. The van der Waals surface area contributed by atoms with Gasteiger partial charge in [0.05, 0.1) is 29.8 Å². The molecule has 0 spiro atoms. The molecule has 0 aliphatic carbocycles. The molecule has 0 radical (unpaired) electrons. The van der Waals surface area contributed by atoms with Crippen LogP contribution in [0.1, 0.15) is 10.4 Å². The summed E-state index contributed by atoms with van der Waals surface area (Å²) in [5.41, 5.74) is -0.0823. The molecule has 6 heteroatoms. The normalized spacial score (nSPS) is 19.4. The van der Waals surface area contributed by atoms with Gasteiger partial charge in [0.1, 0.15) is 0 Å². The van der Waals surface area contributed by atoms with Gasteiger partial charge < -0.3 is 9.64 Å². The van der Waals surface area contributed by atoms with Crippen LogP contribution in [-0.4, -0.2) is 36.6 Å². The minimum absolute atomic E-state index is 0.0823. The molecule has 2 rings (SSSR count). The molecule has 0 saturated carbocycles. The van der Waals surface area contributed by atoms with Gasteiger partial charge in [0.2, 0.25) is 0 Å². The Morgan fingerprint density at radius 2 is 2.39 bits per heavy atom. The van der Waals surface area contributed by atoms with Gasteiger partial charge in [-0.25, -0.2) is 4.39 Å². The van der Waals surface area contributed by atoms with E-state index in [4.69, 9.17) is 21.6 Å². The van der Waals surface area contributed by atoms with E-state index in [0.717, 1.165) is 0 Å². The zero-order chi connectivity index (χ0) is 13.1. The maximum absolute atomic E-state index is 13.7. The van der Waals surface area contributed by atoms with Gasteiger partial charge in [0.15, 0.2) is 11.9 Å². The summed E-state index contributed by atoms with van der Waals surface area (Å²) in [4.78, 5) is 13.5. The predicted molar refractivity (Wildman–Crippen MR) is 62.7 cm³/mol. The average molecular weight is 269 g/mol. The molecule has 0 N–H and O–H groups in total. The highest BCUT2D eigenvalue weighted by Crippen LogP contribution is 2.20. The van der Waals surface area contributed by atoms with Gasteiger partial charge in [-0.15, -0.1) is 0 Å². The van der Waals surface area contributed by atoms with Gasteiger partial charge in [-0.2, -0.15) is 5.26 Å². The predicted octanol–water partition coefficient (Wildman–Crippen LogP) is 1.84. The van der Waals surface area contributed by atoms with Crippen molar-refractivity contribution in [3.05, 3.63) is 34.6 Å². The molecule has 1 fully saturated rings. The molecule has 1 aromatic rings. The zero-order valence-electron chi connectivity index (χ0n) is 9.40. The van der Waals surface area contributed by atoms with E-state index < -0.39 is 17.8 Å². The van der Waals surface area contributed by atoms with Crippen molar-refractivity contribution in [1.82, 2.24) is 4.90 Å². The van der Waals surface area contributed by atoms with Crippen LogP contribution in [0.5, 0.6) is 0 Å². The minimum atomic E-state index is -0.732. The molecule has 1 aliphatic heterocycles. The van der Waals surface area contributed by atoms with Crippen LogP contribution in [0.3, 0.4) is 0 Å². The van der Waals surface area contributed by atoms with Crippen molar-refractivity contribution in [2.75, 3.05) is 19.7 Å². The molecule has 1 atom stereocenters. The molecule has 18 heavy (non-hydrogen) atoms. The van der Waals surface area contributed by atoms with Crippen LogP contribution < -0.4 is 0 Å². The first-order valence-corrected chi connectivity index (χ1v) is 5.76. The monoisotopic (exact) mass is 268 g/mol. The van der Waals surface area contributed by atoms with Crippen LogP contribution >= 0.6 is 11.6 Å². The summed E-state index contributed by atoms with van der Waals surface area (Å²) in [6, 6.07) is 6.20. The van der Waals surface area contributed by atoms with E-state index >= 15 is 0 Å². The molecule has 0 aromatic heterocycles. The molecule has 1 amide bonds. The molecule has 1 saturated heterocycles. The van der Waals surface area contributed by atoms with Gasteiger partial charge >= 0.3 is 0 Å². The van der Waals surface area contributed by atoms with Crippen molar-refractivity contribution < 1.29 is 13.9 Å². The Kier molecular flexibility index (Phi) is 3.80. The largest absolute Gasteiger partial charge is 0.360 e. The maximum atomic E-state index is 13.7. The first-order valence-electron chi connectivity index (χ1n) is 5.38. The SMILES string of the molecule is N#CC1CN(C(=O)c2cccc(Cl)c2F)CCO1. The Bertz CT molecular complexity index is 515. The number of nitriles is 1.